The van der Waals surface area contributed by atoms with Gasteiger partial charge in [0, 0.05) is 0 Å². The smallest absolute Gasteiger partial charge is 0.371 e. The fourth-order valence-corrected chi connectivity index (χ4v) is 0.678. The van der Waals surface area contributed by atoms with E-state index in [-0.39, 0.29) is 11.5 Å². The summed E-state index contributed by atoms with van der Waals surface area (Å²) in [6.45, 7) is 0. The van der Waals surface area contributed by atoms with Gasteiger partial charge in [-0.05, 0) is 12.1 Å². The van der Waals surface area contributed by atoms with Gasteiger partial charge in [0.1, 0.15) is 11.8 Å². The Hall–Kier alpha value is -1.80. The third kappa shape index (κ3) is 1.44. The quantitative estimate of drug-likeness (QED) is 0.626. The van der Waals surface area contributed by atoms with Gasteiger partial charge in [0.15, 0.2) is 6.10 Å². The van der Waals surface area contributed by atoms with Crippen molar-refractivity contribution in [3.05, 3.63) is 23.7 Å². The first-order valence-electron chi connectivity index (χ1n) is 3.06. The maximum atomic E-state index is 10.3. The highest BCUT2D eigenvalue weighted by atomic mass is 16.4. The van der Waals surface area contributed by atoms with Crippen LogP contribution in [0.4, 0.5) is 0 Å². The Morgan fingerprint density at radius 2 is 2.33 bits per heavy atom. The fraction of sp³-hybridized carbons (Fsp3) is 0.143. The van der Waals surface area contributed by atoms with Crippen molar-refractivity contribution in [2.75, 3.05) is 0 Å². The van der Waals surface area contributed by atoms with Crippen LogP contribution < -0.4 is 0 Å². The molecule has 1 heterocycles. The van der Waals surface area contributed by atoms with E-state index in [4.69, 9.17) is 15.5 Å². The highest BCUT2D eigenvalue weighted by molar-refractivity contribution is 5.84. The average molecular weight is 167 g/mol. The van der Waals surface area contributed by atoms with Crippen molar-refractivity contribution in [3.8, 4) is 6.07 Å². The number of aliphatic hydroxyl groups is 1. The first-order valence-corrected chi connectivity index (χ1v) is 3.06. The van der Waals surface area contributed by atoms with Crippen molar-refractivity contribution < 1.29 is 19.4 Å². The van der Waals surface area contributed by atoms with Gasteiger partial charge in [-0.3, -0.25) is 0 Å². The van der Waals surface area contributed by atoms with Crippen LogP contribution in [0, 0.1) is 11.3 Å². The molecule has 1 unspecified atom stereocenters. The monoisotopic (exact) mass is 167 g/mol. The maximum absolute atomic E-state index is 10.3. The molecule has 0 aliphatic heterocycles. The number of aromatic carboxylic acids is 1. The molecular formula is C7H5NO4. The number of carboxylic acid groups (broad SMARTS) is 1. The first-order chi connectivity index (χ1) is 5.65. The third-order valence-electron chi connectivity index (χ3n) is 1.23. The van der Waals surface area contributed by atoms with Crippen molar-refractivity contribution in [1.29, 1.82) is 5.26 Å². The van der Waals surface area contributed by atoms with Gasteiger partial charge in [-0.25, -0.2) is 4.79 Å². The second-order valence-electron chi connectivity index (χ2n) is 2.04. The molecule has 1 rings (SSSR count). The van der Waals surface area contributed by atoms with Gasteiger partial charge in [0.2, 0.25) is 5.76 Å². The van der Waals surface area contributed by atoms with E-state index in [0.717, 1.165) is 0 Å². The van der Waals surface area contributed by atoms with E-state index in [9.17, 15) is 4.79 Å². The number of furan rings is 1. The van der Waals surface area contributed by atoms with Crippen molar-refractivity contribution in [3.63, 3.8) is 0 Å². The molecule has 1 atom stereocenters. The SMILES string of the molecule is N#CC(O)c1ccc(C(=O)O)o1. The predicted molar refractivity (Wildman–Crippen MR) is 36.2 cm³/mol. The van der Waals surface area contributed by atoms with Gasteiger partial charge in [0.25, 0.3) is 0 Å². The Kier molecular flexibility index (Phi) is 2.12. The predicted octanol–water partition coefficient (Wildman–Crippen LogP) is 0.535. The van der Waals surface area contributed by atoms with E-state index < -0.39 is 12.1 Å². The van der Waals surface area contributed by atoms with Gasteiger partial charge >= 0.3 is 5.97 Å². The Morgan fingerprint density at radius 1 is 1.67 bits per heavy atom. The number of aliphatic hydroxyl groups excluding tert-OH is 1. The van der Waals surface area contributed by atoms with Crippen LogP contribution in [-0.4, -0.2) is 16.2 Å². The van der Waals surface area contributed by atoms with Gasteiger partial charge in [-0.15, -0.1) is 0 Å². The van der Waals surface area contributed by atoms with Gasteiger partial charge in [-0.2, -0.15) is 5.26 Å². The lowest BCUT2D eigenvalue weighted by Gasteiger charge is -1.93. The number of hydrogen-bond donors (Lipinski definition) is 2. The zero-order valence-corrected chi connectivity index (χ0v) is 5.89. The first kappa shape index (κ1) is 8.30. The second-order valence-corrected chi connectivity index (χ2v) is 2.04. The molecule has 2 N–H and O–H groups in total. The highest BCUT2D eigenvalue weighted by Gasteiger charge is 2.14. The molecule has 0 radical (unpaired) electrons. The Morgan fingerprint density at radius 3 is 2.75 bits per heavy atom. The standard InChI is InChI=1S/C7H5NO4/c8-3-4(9)5-1-2-6(12-5)7(10)11/h1-2,4,9H,(H,10,11). The van der Waals surface area contributed by atoms with Crippen molar-refractivity contribution >= 4 is 5.97 Å². The summed E-state index contributed by atoms with van der Waals surface area (Å²) in [6, 6.07) is 3.93. The number of hydrogen-bond acceptors (Lipinski definition) is 4. The molecule has 0 saturated heterocycles. The molecule has 0 fully saturated rings. The molecule has 0 aliphatic rings. The second kappa shape index (κ2) is 3.07. The molecule has 5 heteroatoms. The fourth-order valence-electron chi connectivity index (χ4n) is 0.678. The zero-order valence-electron chi connectivity index (χ0n) is 5.89. The van der Waals surface area contributed by atoms with Crippen LogP contribution in [0.3, 0.4) is 0 Å². The van der Waals surface area contributed by atoms with E-state index in [2.05, 4.69) is 4.42 Å². The lowest BCUT2D eigenvalue weighted by atomic mass is 10.3. The number of carboxylic acids is 1. The molecule has 1 aromatic rings. The van der Waals surface area contributed by atoms with Crippen LogP contribution in [0.2, 0.25) is 0 Å². The Bertz CT molecular complexity index is 335. The molecule has 0 amide bonds. The molecule has 0 bridgehead atoms. The number of nitrogens with zero attached hydrogens (tertiary/aromatic N) is 1. The minimum atomic E-state index is -1.40. The van der Waals surface area contributed by atoms with Gasteiger partial charge in [0.05, 0.1) is 0 Å². The van der Waals surface area contributed by atoms with Gasteiger partial charge < -0.3 is 14.6 Å². The van der Waals surface area contributed by atoms with Crippen LogP contribution in [0.25, 0.3) is 0 Å². The van der Waals surface area contributed by atoms with Gasteiger partial charge in [-0.1, -0.05) is 0 Å². The lowest BCUT2D eigenvalue weighted by molar-refractivity contribution is 0.0656. The van der Waals surface area contributed by atoms with Crippen molar-refractivity contribution in [1.82, 2.24) is 0 Å². The summed E-state index contributed by atoms with van der Waals surface area (Å²) >= 11 is 0. The Labute approximate surface area is 67.5 Å². The van der Waals surface area contributed by atoms with Crippen LogP contribution in [0.15, 0.2) is 16.5 Å². The van der Waals surface area contributed by atoms with E-state index >= 15 is 0 Å². The molecule has 12 heavy (non-hydrogen) atoms. The molecule has 0 saturated carbocycles. The van der Waals surface area contributed by atoms with Crippen molar-refractivity contribution in [2.45, 2.75) is 6.10 Å². The summed E-state index contributed by atoms with van der Waals surface area (Å²) in [5.74, 6) is -1.58. The summed E-state index contributed by atoms with van der Waals surface area (Å²) in [5.41, 5.74) is 0. The molecule has 0 spiro atoms. The van der Waals surface area contributed by atoms with E-state index in [0.29, 0.717) is 0 Å². The van der Waals surface area contributed by atoms with E-state index in [1.165, 1.54) is 18.2 Å². The molecule has 62 valence electrons. The minimum Gasteiger partial charge on any atom is -0.475 e. The van der Waals surface area contributed by atoms with Crippen LogP contribution in [0.1, 0.15) is 22.4 Å². The highest BCUT2D eigenvalue weighted by Crippen LogP contribution is 2.15. The molecule has 1 aromatic heterocycles. The number of carbonyl (C=O) groups is 1. The number of rotatable bonds is 2. The maximum Gasteiger partial charge on any atom is 0.371 e. The minimum absolute atomic E-state index is 0.0603. The van der Waals surface area contributed by atoms with E-state index in [1.807, 2.05) is 0 Å². The Balaban J connectivity index is 2.93. The summed E-state index contributed by atoms with van der Waals surface area (Å²) in [5, 5.41) is 25.5. The summed E-state index contributed by atoms with van der Waals surface area (Å²) in [6.07, 6.45) is -1.40. The summed E-state index contributed by atoms with van der Waals surface area (Å²) < 4.78 is 4.63. The topological polar surface area (TPSA) is 94.5 Å². The average Bonchev–Trinajstić information content (AvgIpc) is 2.51. The van der Waals surface area contributed by atoms with Crippen molar-refractivity contribution in [2.24, 2.45) is 0 Å². The summed E-state index contributed by atoms with van der Waals surface area (Å²) in [7, 11) is 0. The molecule has 5 nitrogen and oxygen atoms in total. The van der Waals surface area contributed by atoms with Crippen LogP contribution in [-0.2, 0) is 0 Å². The molecule has 0 aromatic carbocycles. The van der Waals surface area contributed by atoms with E-state index in [1.54, 1.807) is 0 Å². The lowest BCUT2D eigenvalue weighted by Crippen LogP contribution is -1.93. The molecule has 0 aliphatic carbocycles. The third-order valence-corrected chi connectivity index (χ3v) is 1.23. The van der Waals surface area contributed by atoms with Crippen LogP contribution >= 0.6 is 0 Å². The number of nitriles is 1. The van der Waals surface area contributed by atoms with Crippen LogP contribution in [0.5, 0.6) is 0 Å². The molecular weight excluding hydrogens is 162 g/mol. The normalized spacial score (nSPS) is 12.0. The largest absolute Gasteiger partial charge is 0.475 e. The zero-order chi connectivity index (χ0) is 9.14. The summed E-state index contributed by atoms with van der Waals surface area (Å²) in [4.78, 5) is 10.3.